The largest absolute Gasteiger partial charge is 0.384 e. The lowest BCUT2D eigenvalue weighted by atomic mass is 10.3. The van der Waals surface area contributed by atoms with Crippen molar-refractivity contribution in [3.8, 4) is 0 Å². The van der Waals surface area contributed by atoms with E-state index in [9.17, 15) is 4.79 Å². The number of aldehydes is 1. The summed E-state index contributed by atoms with van der Waals surface area (Å²) in [4.78, 5) is 12.1. The average Bonchev–Trinajstić information content (AvgIpc) is 2.06. The highest BCUT2D eigenvalue weighted by Crippen LogP contribution is 1.96. The molecule has 1 fully saturated rings. The lowest BCUT2D eigenvalue weighted by Crippen LogP contribution is -2.41. The molecule has 1 rings (SSSR count). The molecule has 0 spiro atoms. The van der Waals surface area contributed by atoms with Crippen molar-refractivity contribution in [2.45, 2.75) is 6.10 Å². The number of ether oxygens (including phenoxy) is 1. The molecule has 11 heavy (non-hydrogen) atoms. The minimum Gasteiger partial charge on any atom is -0.384 e. The van der Waals surface area contributed by atoms with Gasteiger partial charge in [-0.2, -0.15) is 0 Å². The van der Waals surface area contributed by atoms with Gasteiger partial charge in [0.05, 0.1) is 13.2 Å². The maximum Gasteiger partial charge on any atom is 0.149 e. The van der Waals surface area contributed by atoms with E-state index in [0.717, 1.165) is 13.1 Å². The molecule has 1 atom stereocenters. The van der Waals surface area contributed by atoms with Crippen LogP contribution in [0.25, 0.3) is 0 Å². The van der Waals surface area contributed by atoms with E-state index in [2.05, 4.69) is 0 Å². The van der Waals surface area contributed by atoms with Gasteiger partial charge in [-0.25, -0.2) is 0 Å². The normalized spacial score (nSPS) is 23.0. The Hall–Kier alpha value is -0.450. The molecule has 0 radical (unpaired) electrons. The van der Waals surface area contributed by atoms with E-state index in [4.69, 9.17) is 9.84 Å². The molecule has 1 saturated heterocycles. The summed E-state index contributed by atoms with van der Waals surface area (Å²) in [6.45, 7) is 3.46. The highest BCUT2D eigenvalue weighted by Gasteiger charge is 2.13. The van der Waals surface area contributed by atoms with Crippen LogP contribution in [0, 0.1) is 0 Å². The molecular formula is C7H13NO3. The summed E-state index contributed by atoms with van der Waals surface area (Å²) in [5.41, 5.74) is 0. The molecule has 0 amide bonds. The van der Waals surface area contributed by atoms with Crippen LogP contribution in [0.2, 0.25) is 0 Å². The second-order valence-electron chi connectivity index (χ2n) is 2.62. The molecule has 0 aliphatic carbocycles. The van der Waals surface area contributed by atoms with Gasteiger partial charge >= 0.3 is 0 Å². The van der Waals surface area contributed by atoms with Crippen LogP contribution >= 0.6 is 0 Å². The van der Waals surface area contributed by atoms with Crippen molar-refractivity contribution in [2.24, 2.45) is 0 Å². The SMILES string of the molecule is O=C[C@@H](O)CN1CCOCC1. The maximum absolute atomic E-state index is 10.1. The Morgan fingerprint density at radius 3 is 2.73 bits per heavy atom. The minimum atomic E-state index is -0.840. The zero-order valence-electron chi connectivity index (χ0n) is 6.40. The molecule has 4 nitrogen and oxygen atoms in total. The third-order valence-corrected chi connectivity index (χ3v) is 1.71. The number of hydrogen-bond acceptors (Lipinski definition) is 4. The quantitative estimate of drug-likeness (QED) is 0.530. The van der Waals surface area contributed by atoms with Gasteiger partial charge in [-0.1, -0.05) is 0 Å². The van der Waals surface area contributed by atoms with Crippen LogP contribution in [0.5, 0.6) is 0 Å². The van der Waals surface area contributed by atoms with Crippen molar-refractivity contribution in [1.29, 1.82) is 0 Å². The van der Waals surface area contributed by atoms with Crippen molar-refractivity contribution < 1.29 is 14.6 Å². The van der Waals surface area contributed by atoms with Crippen LogP contribution in [0.1, 0.15) is 0 Å². The fourth-order valence-corrected chi connectivity index (χ4v) is 1.09. The van der Waals surface area contributed by atoms with E-state index in [-0.39, 0.29) is 0 Å². The monoisotopic (exact) mass is 159 g/mol. The van der Waals surface area contributed by atoms with Crippen molar-refractivity contribution >= 4 is 6.29 Å². The first-order valence-corrected chi connectivity index (χ1v) is 3.76. The van der Waals surface area contributed by atoms with Gasteiger partial charge in [-0.15, -0.1) is 0 Å². The van der Waals surface area contributed by atoms with Gasteiger partial charge in [-0.3, -0.25) is 4.90 Å². The first kappa shape index (κ1) is 8.64. The van der Waals surface area contributed by atoms with E-state index in [1.54, 1.807) is 0 Å². The lowest BCUT2D eigenvalue weighted by Gasteiger charge is -2.26. The second kappa shape index (κ2) is 4.43. The summed E-state index contributed by atoms with van der Waals surface area (Å²) in [5.74, 6) is 0. The highest BCUT2D eigenvalue weighted by molar-refractivity contribution is 5.55. The fourth-order valence-electron chi connectivity index (χ4n) is 1.09. The Morgan fingerprint density at radius 1 is 1.55 bits per heavy atom. The summed E-state index contributed by atoms with van der Waals surface area (Å²) >= 11 is 0. The predicted molar refractivity (Wildman–Crippen MR) is 39.3 cm³/mol. The van der Waals surface area contributed by atoms with E-state index in [1.807, 2.05) is 4.90 Å². The molecule has 0 bridgehead atoms. The third-order valence-electron chi connectivity index (χ3n) is 1.71. The third kappa shape index (κ3) is 2.96. The van der Waals surface area contributed by atoms with Crippen LogP contribution in [-0.4, -0.2) is 55.2 Å². The Kier molecular flexibility index (Phi) is 3.48. The van der Waals surface area contributed by atoms with Gasteiger partial charge in [0.1, 0.15) is 12.4 Å². The molecule has 1 heterocycles. The predicted octanol–water partition coefficient (Wildman–Crippen LogP) is -1.12. The molecule has 0 aromatic rings. The highest BCUT2D eigenvalue weighted by atomic mass is 16.5. The smallest absolute Gasteiger partial charge is 0.149 e. The maximum atomic E-state index is 10.1. The number of rotatable bonds is 3. The summed E-state index contributed by atoms with van der Waals surface area (Å²) in [5, 5.41) is 8.96. The summed E-state index contributed by atoms with van der Waals surface area (Å²) in [6.07, 6.45) is -0.275. The molecule has 1 N–H and O–H groups in total. The summed E-state index contributed by atoms with van der Waals surface area (Å²) in [6, 6.07) is 0. The van der Waals surface area contributed by atoms with Gasteiger partial charge in [0, 0.05) is 19.6 Å². The first-order chi connectivity index (χ1) is 5.33. The molecule has 1 aliphatic heterocycles. The zero-order valence-corrected chi connectivity index (χ0v) is 6.40. The van der Waals surface area contributed by atoms with Gasteiger partial charge in [0.25, 0.3) is 0 Å². The molecule has 0 aromatic carbocycles. The Labute approximate surface area is 65.8 Å². The van der Waals surface area contributed by atoms with Crippen molar-refractivity contribution in [3.05, 3.63) is 0 Å². The summed E-state index contributed by atoms with van der Waals surface area (Å²) in [7, 11) is 0. The minimum absolute atomic E-state index is 0.437. The number of carbonyl (C=O) groups excluding carboxylic acids is 1. The first-order valence-electron chi connectivity index (χ1n) is 3.76. The van der Waals surface area contributed by atoms with Crippen molar-refractivity contribution in [1.82, 2.24) is 4.90 Å². The van der Waals surface area contributed by atoms with E-state index >= 15 is 0 Å². The van der Waals surface area contributed by atoms with Gasteiger partial charge < -0.3 is 14.6 Å². The Bertz CT molecular complexity index is 123. The van der Waals surface area contributed by atoms with Gasteiger partial charge in [0.2, 0.25) is 0 Å². The number of aliphatic hydroxyl groups is 1. The van der Waals surface area contributed by atoms with Gasteiger partial charge in [0.15, 0.2) is 0 Å². The van der Waals surface area contributed by atoms with Gasteiger partial charge in [-0.05, 0) is 0 Å². The second-order valence-corrected chi connectivity index (χ2v) is 2.62. The zero-order chi connectivity index (χ0) is 8.10. The Balaban J connectivity index is 2.18. The summed E-state index contributed by atoms with van der Waals surface area (Å²) < 4.78 is 5.10. The topological polar surface area (TPSA) is 49.8 Å². The molecule has 1 aliphatic rings. The standard InChI is InChI=1S/C7H13NO3/c9-6-7(10)5-8-1-3-11-4-2-8/h6-7,10H,1-5H2/t7-/m0/s1. The van der Waals surface area contributed by atoms with Crippen LogP contribution in [-0.2, 0) is 9.53 Å². The molecule has 0 unspecified atom stereocenters. The fraction of sp³-hybridized carbons (Fsp3) is 0.857. The molecule has 64 valence electrons. The van der Waals surface area contributed by atoms with Crippen LogP contribution in [0.3, 0.4) is 0 Å². The number of aliphatic hydroxyl groups excluding tert-OH is 1. The van der Waals surface area contributed by atoms with Crippen LogP contribution < -0.4 is 0 Å². The lowest BCUT2D eigenvalue weighted by molar-refractivity contribution is -0.116. The van der Waals surface area contributed by atoms with E-state index < -0.39 is 6.10 Å². The number of hydrogen-bond donors (Lipinski definition) is 1. The van der Waals surface area contributed by atoms with Crippen molar-refractivity contribution in [2.75, 3.05) is 32.8 Å². The van der Waals surface area contributed by atoms with Crippen molar-refractivity contribution in [3.63, 3.8) is 0 Å². The van der Waals surface area contributed by atoms with Crippen LogP contribution in [0.4, 0.5) is 0 Å². The number of morpholine rings is 1. The molecule has 0 saturated carbocycles. The molecule has 0 aromatic heterocycles. The Morgan fingerprint density at radius 2 is 2.18 bits per heavy atom. The number of β-amino-alcohol motifs (C(OH)–C–C–N with tert-alkyl or cyclic N) is 1. The number of nitrogens with zero attached hydrogens (tertiary/aromatic N) is 1. The van der Waals surface area contributed by atoms with Crippen LogP contribution in [0.15, 0.2) is 0 Å². The van der Waals surface area contributed by atoms with E-state index in [0.29, 0.717) is 26.0 Å². The van der Waals surface area contributed by atoms with E-state index in [1.165, 1.54) is 0 Å². The molecular weight excluding hydrogens is 146 g/mol. The number of carbonyl (C=O) groups is 1. The molecule has 4 heteroatoms. The average molecular weight is 159 g/mol.